The van der Waals surface area contributed by atoms with Gasteiger partial charge in [0.1, 0.15) is 29.0 Å². The van der Waals surface area contributed by atoms with E-state index in [0.29, 0.717) is 28.7 Å². The molecule has 9 heteroatoms. The number of fused-ring (bicyclic) bond motifs is 3. The Bertz CT molecular complexity index is 1270. The number of benzene rings is 1. The van der Waals surface area contributed by atoms with E-state index in [-0.39, 0.29) is 23.3 Å². The van der Waals surface area contributed by atoms with Crippen LogP contribution in [-0.2, 0) is 10.3 Å². The largest absolute Gasteiger partial charge is 0.369 e. The third-order valence-electron chi connectivity index (χ3n) is 5.34. The van der Waals surface area contributed by atoms with Crippen molar-refractivity contribution < 1.29 is 13.7 Å². The van der Waals surface area contributed by atoms with E-state index in [0.717, 1.165) is 0 Å². The van der Waals surface area contributed by atoms with Gasteiger partial charge in [-0.05, 0) is 45.4 Å². The molecule has 0 spiro atoms. The molecular weight excluding hydrogens is 377 g/mol. The van der Waals surface area contributed by atoms with Crippen molar-refractivity contribution in [2.45, 2.75) is 45.8 Å². The van der Waals surface area contributed by atoms with Crippen LogP contribution in [-0.4, -0.2) is 31.2 Å². The minimum Gasteiger partial charge on any atom is -0.369 e. The molecule has 0 aliphatic heterocycles. The lowest BCUT2D eigenvalue weighted by Gasteiger charge is -2.17. The van der Waals surface area contributed by atoms with Crippen molar-refractivity contribution in [1.29, 1.82) is 0 Å². The van der Waals surface area contributed by atoms with Crippen molar-refractivity contribution in [3.63, 3.8) is 0 Å². The molecule has 0 saturated heterocycles. The average molecular weight is 399 g/mol. The first kappa shape index (κ1) is 19.3. The molecule has 0 aliphatic rings. The summed E-state index contributed by atoms with van der Waals surface area (Å²) in [4.78, 5) is 22.2. The van der Waals surface area contributed by atoms with Gasteiger partial charge in [0.2, 0.25) is 5.82 Å². The number of halogens is 1. The zero-order valence-corrected chi connectivity index (χ0v) is 16.9. The lowest BCUT2D eigenvalue weighted by Crippen LogP contribution is -2.25. The average Bonchev–Trinajstić information content (AvgIpc) is 3.35. The topological polar surface area (TPSA) is 87.5 Å². The third kappa shape index (κ3) is 2.93. The highest BCUT2D eigenvalue weighted by Crippen LogP contribution is 2.28. The summed E-state index contributed by atoms with van der Waals surface area (Å²) in [6.45, 7) is 7.49. The number of ether oxygens (including phenoxy) is 1. The van der Waals surface area contributed by atoms with E-state index in [9.17, 15) is 9.18 Å². The summed E-state index contributed by atoms with van der Waals surface area (Å²) in [6, 6.07) is 4.24. The number of methoxy groups -OCH3 is 1. The minimum atomic E-state index is -0.776. The summed E-state index contributed by atoms with van der Waals surface area (Å²) >= 11 is 0. The maximum atomic E-state index is 13.9. The van der Waals surface area contributed by atoms with Crippen LogP contribution >= 0.6 is 0 Å². The summed E-state index contributed by atoms with van der Waals surface area (Å²) in [5, 5.41) is 4.00. The van der Waals surface area contributed by atoms with E-state index in [1.54, 1.807) is 36.0 Å². The molecular formula is C20H22FN5O3. The van der Waals surface area contributed by atoms with Crippen molar-refractivity contribution in [2.75, 3.05) is 7.11 Å². The van der Waals surface area contributed by atoms with Crippen LogP contribution in [0.1, 0.15) is 46.0 Å². The molecule has 3 aromatic heterocycles. The highest BCUT2D eigenvalue weighted by atomic mass is 19.1. The summed E-state index contributed by atoms with van der Waals surface area (Å²) < 4.78 is 27.9. The number of nitrogens with zero attached hydrogens (tertiary/aromatic N) is 5. The van der Waals surface area contributed by atoms with Crippen molar-refractivity contribution >= 4 is 16.6 Å². The van der Waals surface area contributed by atoms with Gasteiger partial charge in [0.15, 0.2) is 0 Å². The van der Waals surface area contributed by atoms with Gasteiger partial charge in [-0.3, -0.25) is 9.20 Å². The van der Waals surface area contributed by atoms with E-state index in [2.05, 4.69) is 15.1 Å². The molecule has 1 unspecified atom stereocenters. The Labute approximate surface area is 165 Å². The predicted molar refractivity (Wildman–Crippen MR) is 105 cm³/mol. The van der Waals surface area contributed by atoms with Crippen LogP contribution < -0.4 is 5.56 Å². The molecule has 1 aromatic carbocycles. The fraction of sp³-hybridized carbons (Fsp3) is 0.400. The maximum Gasteiger partial charge on any atom is 0.278 e. The SMILES string of the molecule is CCC(C)n1c(=O)c2c(-c3noc(C(C)(C)OC)n3)ncn2c2ccc(F)cc21. The Morgan fingerprint density at radius 2 is 2.07 bits per heavy atom. The lowest BCUT2D eigenvalue weighted by atomic mass is 10.1. The zero-order valence-electron chi connectivity index (χ0n) is 16.9. The zero-order chi connectivity index (χ0) is 20.9. The maximum absolute atomic E-state index is 13.9. The number of hydrogen-bond acceptors (Lipinski definition) is 6. The Balaban J connectivity index is 2.04. The highest BCUT2D eigenvalue weighted by Gasteiger charge is 2.29. The van der Waals surface area contributed by atoms with Crippen LogP contribution in [0.3, 0.4) is 0 Å². The molecule has 0 fully saturated rings. The van der Waals surface area contributed by atoms with Gasteiger partial charge in [-0.25, -0.2) is 9.37 Å². The van der Waals surface area contributed by atoms with E-state index >= 15 is 0 Å². The van der Waals surface area contributed by atoms with E-state index in [1.807, 2.05) is 13.8 Å². The molecule has 0 radical (unpaired) electrons. The van der Waals surface area contributed by atoms with E-state index in [1.165, 1.54) is 18.5 Å². The monoisotopic (exact) mass is 399 g/mol. The molecule has 4 aromatic rings. The summed E-state index contributed by atoms with van der Waals surface area (Å²) in [5.74, 6) is 0.0707. The summed E-state index contributed by atoms with van der Waals surface area (Å²) in [5.41, 5.74) is 0.729. The summed E-state index contributed by atoms with van der Waals surface area (Å²) in [6.07, 6.45) is 2.23. The molecule has 29 heavy (non-hydrogen) atoms. The molecule has 4 rings (SSSR count). The first-order valence-corrected chi connectivity index (χ1v) is 9.39. The molecule has 152 valence electrons. The molecule has 0 bridgehead atoms. The minimum absolute atomic E-state index is 0.132. The Morgan fingerprint density at radius 3 is 2.76 bits per heavy atom. The fourth-order valence-corrected chi connectivity index (χ4v) is 3.29. The van der Waals surface area contributed by atoms with Gasteiger partial charge in [-0.2, -0.15) is 4.98 Å². The van der Waals surface area contributed by atoms with Crippen LogP contribution in [0.15, 0.2) is 33.8 Å². The molecule has 3 heterocycles. The smallest absolute Gasteiger partial charge is 0.278 e. The second-order valence-corrected chi connectivity index (χ2v) is 7.51. The number of hydrogen-bond donors (Lipinski definition) is 0. The first-order chi connectivity index (χ1) is 13.8. The predicted octanol–water partition coefficient (Wildman–Crippen LogP) is 3.69. The quantitative estimate of drug-likeness (QED) is 0.509. The van der Waals surface area contributed by atoms with Crippen LogP contribution in [0.2, 0.25) is 0 Å². The highest BCUT2D eigenvalue weighted by molar-refractivity contribution is 5.83. The van der Waals surface area contributed by atoms with Gasteiger partial charge in [-0.1, -0.05) is 12.1 Å². The Kier molecular flexibility index (Phi) is 4.49. The molecule has 0 amide bonds. The van der Waals surface area contributed by atoms with Gasteiger partial charge < -0.3 is 13.8 Å². The molecule has 8 nitrogen and oxygen atoms in total. The van der Waals surface area contributed by atoms with Gasteiger partial charge >= 0.3 is 0 Å². The van der Waals surface area contributed by atoms with Gasteiger partial charge in [0.05, 0.1) is 11.0 Å². The molecule has 0 aliphatic carbocycles. The van der Waals surface area contributed by atoms with Crippen molar-refractivity contribution in [2.24, 2.45) is 0 Å². The lowest BCUT2D eigenvalue weighted by molar-refractivity contribution is -0.00786. The van der Waals surface area contributed by atoms with E-state index in [4.69, 9.17) is 9.26 Å². The molecule has 0 N–H and O–H groups in total. The number of imidazole rings is 1. The van der Waals surface area contributed by atoms with Gasteiger partial charge in [-0.15, -0.1) is 0 Å². The van der Waals surface area contributed by atoms with Crippen LogP contribution in [0.25, 0.3) is 28.1 Å². The number of rotatable bonds is 5. The third-order valence-corrected chi connectivity index (χ3v) is 5.34. The number of aromatic nitrogens is 5. The first-order valence-electron chi connectivity index (χ1n) is 9.39. The van der Waals surface area contributed by atoms with Crippen molar-refractivity contribution in [3.05, 3.63) is 46.6 Å². The summed E-state index contributed by atoms with van der Waals surface area (Å²) in [7, 11) is 1.55. The van der Waals surface area contributed by atoms with Crippen molar-refractivity contribution in [3.8, 4) is 11.5 Å². The normalized spacial score (nSPS) is 13.4. The second kappa shape index (κ2) is 6.77. The van der Waals surface area contributed by atoms with Gasteiger partial charge in [0, 0.05) is 13.2 Å². The van der Waals surface area contributed by atoms with E-state index < -0.39 is 11.4 Å². The molecule has 0 saturated carbocycles. The van der Waals surface area contributed by atoms with Crippen LogP contribution in [0, 0.1) is 5.82 Å². The standard InChI is InChI=1S/C20H22FN5O3/c1-6-11(2)26-14-9-12(21)7-8-13(14)25-10-22-15(16(25)18(26)27)17-23-19(29-24-17)20(3,4)28-5/h7-11H,6H2,1-5H3. The molecule has 1 atom stereocenters. The fourth-order valence-electron chi connectivity index (χ4n) is 3.29. The Morgan fingerprint density at radius 1 is 1.31 bits per heavy atom. The second-order valence-electron chi connectivity index (χ2n) is 7.51. The van der Waals surface area contributed by atoms with Crippen molar-refractivity contribution in [1.82, 2.24) is 24.1 Å². The van der Waals surface area contributed by atoms with Crippen LogP contribution in [0.4, 0.5) is 4.39 Å². The van der Waals surface area contributed by atoms with Gasteiger partial charge in [0.25, 0.3) is 11.4 Å². The Hall–Kier alpha value is -3.07. The van der Waals surface area contributed by atoms with Crippen LogP contribution in [0.5, 0.6) is 0 Å².